The first-order chi connectivity index (χ1) is 12.9. The number of halogens is 2. The van der Waals surface area contributed by atoms with Gasteiger partial charge in [0.25, 0.3) is 0 Å². The van der Waals surface area contributed by atoms with Gasteiger partial charge < -0.3 is 10.7 Å². The second-order valence-corrected chi connectivity index (χ2v) is 6.35. The molecule has 1 aromatic heterocycles. The third-order valence-corrected chi connectivity index (χ3v) is 4.56. The molecule has 3 amide bonds. The smallest absolute Gasteiger partial charge is 0.321 e. The van der Waals surface area contributed by atoms with E-state index in [2.05, 4.69) is 4.98 Å². The molecular weight excluding hydrogens is 352 g/mol. The number of aromatic nitrogens is 1. The number of aromatic amines is 1. The van der Waals surface area contributed by atoms with E-state index in [4.69, 9.17) is 5.73 Å². The lowest BCUT2D eigenvalue weighted by molar-refractivity contribution is -0.128. The normalized spacial score (nSPS) is 10.9. The van der Waals surface area contributed by atoms with E-state index < -0.39 is 17.8 Å². The summed E-state index contributed by atoms with van der Waals surface area (Å²) in [4.78, 5) is 28.1. The van der Waals surface area contributed by atoms with Crippen molar-refractivity contribution < 1.29 is 18.4 Å². The van der Waals surface area contributed by atoms with Crippen molar-refractivity contribution in [1.29, 1.82) is 0 Å². The van der Waals surface area contributed by atoms with Gasteiger partial charge in [0, 0.05) is 23.6 Å². The molecule has 0 fully saturated rings. The van der Waals surface area contributed by atoms with Gasteiger partial charge in [0.05, 0.1) is 12.1 Å². The molecule has 0 aliphatic rings. The molecule has 2 aromatic carbocycles. The Morgan fingerprint density at radius 2 is 1.81 bits per heavy atom. The number of aryl methyl sites for hydroxylation is 2. The molecule has 0 bridgehead atoms. The number of imide groups is 1. The molecule has 0 saturated carbocycles. The third kappa shape index (κ3) is 3.97. The Bertz CT molecular complexity index is 996. The molecule has 1 heterocycles. The molecule has 3 N–H and O–H groups in total. The topological polar surface area (TPSA) is 79.2 Å². The molecule has 3 rings (SSSR count). The molecule has 0 radical (unpaired) electrons. The highest BCUT2D eigenvalue weighted by Crippen LogP contribution is 2.24. The number of fused-ring (bicyclic) bond motifs is 1. The molecule has 3 aromatic rings. The van der Waals surface area contributed by atoms with Crippen LogP contribution in [0.3, 0.4) is 0 Å². The maximum atomic E-state index is 13.6. The first-order valence-electron chi connectivity index (χ1n) is 8.46. The number of carbonyl (C=O) groups excluding carboxylic acids is 2. The Morgan fingerprint density at radius 3 is 2.48 bits per heavy atom. The number of rotatable bonds is 5. The molecular formula is C20H19F2N3O2. The van der Waals surface area contributed by atoms with E-state index in [0.29, 0.717) is 23.1 Å². The summed E-state index contributed by atoms with van der Waals surface area (Å²) < 4.78 is 26.6. The van der Waals surface area contributed by atoms with Crippen LogP contribution < -0.4 is 5.73 Å². The van der Waals surface area contributed by atoms with Gasteiger partial charge in [-0.2, -0.15) is 0 Å². The zero-order chi connectivity index (χ0) is 19.6. The van der Waals surface area contributed by atoms with Crippen molar-refractivity contribution in [2.75, 3.05) is 0 Å². The molecule has 0 aliphatic heterocycles. The Hall–Kier alpha value is -3.22. The van der Waals surface area contributed by atoms with Gasteiger partial charge in [-0.3, -0.25) is 9.69 Å². The molecule has 7 heteroatoms. The number of urea groups is 1. The molecule has 0 unspecified atom stereocenters. The van der Waals surface area contributed by atoms with E-state index in [9.17, 15) is 18.4 Å². The largest absolute Gasteiger partial charge is 0.361 e. The van der Waals surface area contributed by atoms with Crippen molar-refractivity contribution in [3.05, 3.63) is 70.9 Å². The number of nitrogens with one attached hydrogen (secondary N) is 1. The van der Waals surface area contributed by atoms with Crippen molar-refractivity contribution >= 4 is 22.8 Å². The summed E-state index contributed by atoms with van der Waals surface area (Å²) in [5.74, 6) is -1.13. The standard InChI is InChI=1S/C20H19F2N3O2/c1-12-17(22)8-7-16-14(10-24-19(12)16)4-9-18(26)25(20(23)27)11-13-2-5-15(21)6-3-13/h2-3,5-8,10,24H,4,9,11H2,1H3,(H2,23,27). The molecule has 0 spiro atoms. The molecule has 0 aliphatic carbocycles. The second-order valence-electron chi connectivity index (χ2n) is 6.35. The third-order valence-electron chi connectivity index (χ3n) is 4.56. The number of hydrogen-bond acceptors (Lipinski definition) is 2. The van der Waals surface area contributed by atoms with Crippen LogP contribution in [0.5, 0.6) is 0 Å². The number of nitrogens with two attached hydrogens (primary N) is 1. The van der Waals surface area contributed by atoms with Crippen LogP contribution in [-0.2, 0) is 17.8 Å². The van der Waals surface area contributed by atoms with Crippen LogP contribution in [0, 0.1) is 18.6 Å². The summed E-state index contributed by atoms with van der Waals surface area (Å²) in [5, 5.41) is 0.839. The molecule has 140 valence electrons. The van der Waals surface area contributed by atoms with Gasteiger partial charge in [-0.15, -0.1) is 0 Å². The highest BCUT2D eigenvalue weighted by molar-refractivity contribution is 5.94. The van der Waals surface area contributed by atoms with Gasteiger partial charge in [-0.05, 0) is 48.7 Å². The van der Waals surface area contributed by atoms with E-state index in [0.717, 1.165) is 15.8 Å². The molecule has 0 saturated heterocycles. The van der Waals surface area contributed by atoms with Gasteiger partial charge in [0.2, 0.25) is 5.91 Å². The summed E-state index contributed by atoms with van der Waals surface area (Å²) in [6.45, 7) is 1.66. The van der Waals surface area contributed by atoms with Crippen molar-refractivity contribution in [1.82, 2.24) is 9.88 Å². The van der Waals surface area contributed by atoms with E-state index in [1.165, 1.54) is 30.3 Å². The zero-order valence-corrected chi connectivity index (χ0v) is 14.8. The first-order valence-corrected chi connectivity index (χ1v) is 8.46. The fourth-order valence-corrected chi connectivity index (χ4v) is 3.02. The predicted octanol–water partition coefficient (Wildman–Crippen LogP) is 3.79. The summed E-state index contributed by atoms with van der Waals surface area (Å²) in [5.41, 5.74) is 7.99. The molecule has 27 heavy (non-hydrogen) atoms. The minimum atomic E-state index is -0.860. The van der Waals surface area contributed by atoms with Crippen molar-refractivity contribution in [2.45, 2.75) is 26.3 Å². The van der Waals surface area contributed by atoms with Gasteiger partial charge in [0.1, 0.15) is 11.6 Å². The highest BCUT2D eigenvalue weighted by Gasteiger charge is 2.20. The quantitative estimate of drug-likeness (QED) is 0.716. The fraction of sp³-hybridized carbons (Fsp3) is 0.200. The number of primary amides is 1. The van der Waals surface area contributed by atoms with Gasteiger partial charge in [0.15, 0.2) is 0 Å². The lowest BCUT2D eigenvalue weighted by atomic mass is 10.1. The monoisotopic (exact) mass is 371 g/mol. The summed E-state index contributed by atoms with van der Waals surface area (Å²) in [7, 11) is 0. The SMILES string of the molecule is Cc1c(F)ccc2c(CCC(=O)N(Cc3ccc(F)cc3)C(N)=O)c[nH]c12. The van der Waals surface area contributed by atoms with Crippen LogP contribution in [0.4, 0.5) is 13.6 Å². The van der Waals surface area contributed by atoms with Crippen molar-refractivity contribution in [3.8, 4) is 0 Å². The number of hydrogen-bond donors (Lipinski definition) is 2. The fourth-order valence-electron chi connectivity index (χ4n) is 3.02. The maximum absolute atomic E-state index is 13.6. The Balaban J connectivity index is 1.72. The molecule has 0 atom stereocenters. The van der Waals surface area contributed by atoms with Gasteiger partial charge in [-0.1, -0.05) is 12.1 Å². The summed E-state index contributed by atoms with van der Waals surface area (Å²) >= 11 is 0. The van der Waals surface area contributed by atoms with E-state index >= 15 is 0 Å². The van der Waals surface area contributed by atoms with E-state index in [1.807, 2.05) is 0 Å². The van der Waals surface area contributed by atoms with E-state index in [-0.39, 0.29) is 18.8 Å². The van der Waals surface area contributed by atoms with Crippen LogP contribution in [0.15, 0.2) is 42.6 Å². The van der Waals surface area contributed by atoms with Crippen LogP contribution in [0.2, 0.25) is 0 Å². The molecule has 5 nitrogen and oxygen atoms in total. The number of amides is 3. The van der Waals surface area contributed by atoms with Crippen molar-refractivity contribution in [3.63, 3.8) is 0 Å². The van der Waals surface area contributed by atoms with Gasteiger partial charge in [-0.25, -0.2) is 13.6 Å². The zero-order valence-electron chi connectivity index (χ0n) is 14.8. The number of carbonyl (C=O) groups is 2. The minimum Gasteiger partial charge on any atom is -0.361 e. The van der Waals surface area contributed by atoms with Crippen LogP contribution in [0.1, 0.15) is 23.1 Å². The summed E-state index contributed by atoms with van der Waals surface area (Å²) in [6.07, 6.45) is 2.17. The average molecular weight is 371 g/mol. The average Bonchev–Trinajstić information content (AvgIpc) is 3.05. The number of nitrogens with zero attached hydrogens (tertiary/aromatic N) is 1. The van der Waals surface area contributed by atoms with Crippen LogP contribution in [0.25, 0.3) is 10.9 Å². The lowest BCUT2D eigenvalue weighted by Gasteiger charge is -2.18. The summed E-state index contributed by atoms with van der Waals surface area (Å²) in [6, 6.07) is 7.70. The highest BCUT2D eigenvalue weighted by atomic mass is 19.1. The Kier molecular flexibility index (Phi) is 5.21. The number of benzene rings is 2. The Morgan fingerprint density at radius 1 is 1.11 bits per heavy atom. The number of H-pyrrole nitrogens is 1. The maximum Gasteiger partial charge on any atom is 0.321 e. The Labute approximate surface area is 154 Å². The first kappa shape index (κ1) is 18.6. The lowest BCUT2D eigenvalue weighted by Crippen LogP contribution is -2.40. The van der Waals surface area contributed by atoms with Gasteiger partial charge >= 0.3 is 6.03 Å². The van der Waals surface area contributed by atoms with Crippen LogP contribution >= 0.6 is 0 Å². The van der Waals surface area contributed by atoms with Crippen molar-refractivity contribution in [2.24, 2.45) is 5.73 Å². The second kappa shape index (κ2) is 7.57. The van der Waals surface area contributed by atoms with E-state index in [1.54, 1.807) is 19.2 Å². The minimum absolute atomic E-state index is 0.0212. The van der Waals surface area contributed by atoms with Crippen LogP contribution in [-0.4, -0.2) is 21.8 Å². The predicted molar refractivity (Wildman–Crippen MR) is 97.8 cm³/mol.